The Balaban J connectivity index is 2.17. The fraction of sp³-hybridized carbons (Fsp3) is 0.308. The number of nitrogens with two attached hydrogens (primary N) is 1. The number of ether oxygens (including phenoxy) is 1. The number of rotatable bonds is 5. The van der Waals surface area contributed by atoms with Crippen LogP contribution in [0.15, 0.2) is 30.3 Å². The number of aryl methyl sites for hydroxylation is 1. The highest BCUT2D eigenvalue weighted by Gasteiger charge is 2.16. The van der Waals surface area contributed by atoms with E-state index in [-0.39, 0.29) is 6.04 Å². The predicted octanol–water partition coefficient (Wildman–Crippen LogP) is 1.78. The number of hydrogen-bond donors (Lipinski definition) is 2. The first kappa shape index (κ1) is 14.3. The van der Waals surface area contributed by atoms with Crippen molar-refractivity contribution in [2.45, 2.75) is 12.5 Å². The minimum atomic E-state index is -0.0323. The van der Waals surface area contributed by atoms with Gasteiger partial charge >= 0.3 is 0 Å². The van der Waals surface area contributed by atoms with Gasteiger partial charge in [0.25, 0.3) is 0 Å². The van der Waals surface area contributed by atoms with Crippen molar-refractivity contribution in [2.24, 2.45) is 12.9 Å². The van der Waals surface area contributed by atoms with E-state index in [0.717, 1.165) is 18.0 Å². The van der Waals surface area contributed by atoms with Gasteiger partial charge in [-0.1, -0.05) is 12.1 Å². The fourth-order valence-electron chi connectivity index (χ4n) is 1.94. The first-order valence-corrected chi connectivity index (χ1v) is 7.00. The van der Waals surface area contributed by atoms with Crippen LogP contribution in [0, 0.1) is 3.57 Å². The van der Waals surface area contributed by atoms with Gasteiger partial charge in [0.05, 0.1) is 18.8 Å². The second-order valence-electron chi connectivity index (χ2n) is 4.29. The molecule has 2 aromatic rings. The molecule has 102 valence electrons. The smallest absolute Gasteiger partial charge is 0.211 e. The summed E-state index contributed by atoms with van der Waals surface area (Å²) < 4.78 is 8.14. The topological polar surface area (TPSA) is 65.1 Å². The second-order valence-corrected chi connectivity index (χ2v) is 5.53. The number of methoxy groups -OCH3 is 1. The van der Waals surface area contributed by atoms with Crippen molar-refractivity contribution < 1.29 is 4.74 Å². The molecular weight excluding hydrogens is 355 g/mol. The Labute approximate surface area is 126 Å². The molecule has 19 heavy (non-hydrogen) atoms. The maximum atomic E-state index is 5.64. The highest BCUT2D eigenvalue weighted by atomic mass is 127. The molecule has 1 unspecified atom stereocenters. The van der Waals surface area contributed by atoms with Crippen LogP contribution in [0.25, 0.3) is 0 Å². The third kappa shape index (κ3) is 3.46. The second kappa shape index (κ2) is 6.36. The zero-order valence-electron chi connectivity index (χ0n) is 10.9. The largest absolute Gasteiger partial charge is 0.481 e. The molecule has 0 radical (unpaired) electrons. The Bertz CT molecular complexity index is 538. The lowest BCUT2D eigenvalue weighted by Crippen LogP contribution is -2.30. The number of nitrogens with zero attached hydrogens (tertiary/aromatic N) is 2. The summed E-state index contributed by atoms with van der Waals surface area (Å²) in [6, 6.07) is 10.2. The average Bonchev–Trinajstić information content (AvgIpc) is 2.79. The van der Waals surface area contributed by atoms with Gasteiger partial charge in [-0.15, -0.1) is 0 Å². The van der Waals surface area contributed by atoms with E-state index in [9.17, 15) is 0 Å². The Morgan fingerprint density at radius 2 is 2.11 bits per heavy atom. The molecule has 0 aliphatic heterocycles. The monoisotopic (exact) mass is 372 g/mol. The molecule has 1 aromatic carbocycles. The van der Waals surface area contributed by atoms with Crippen LogP contribution in [-0.4, -0.2) is 16.9 Å². The van der Waals surface area contributed by atoms with Gasteiger partial charge in [-0.2, -0.15) is 5.10 Å². The minimum Gasteiger partial charge on any atom is -0.481 e. The summed E-state index contributed by atoms with van der Waals surface area (Å²) >= 11 is 2.29. The normalized spacial score (nSPS) is 12.4. The zero-order valence-corrected chi connectivity index (χ0v) is 13.1. The summed E-state index contributed by atoms with van der Waals surface area (Å²) in [5.41, 5.74) is 4.90. The summed E-state index contributed by atoms with van der Waals surface area (Å²) in [5, 5.41) is 4.41. The number of halogens is 1. The molecule has 0 fully saturated rings. The van der Waals surface area contributed by atoms with Crippen LogP contribution >= 0.6 is 22.6 Å². The van der Waals surface area contributed by atoms with Crippen LogP contribution in [0.2, 0.25) is 0 Å². The van der Waals surface area contributed by atoms with Gasteiger partial charge in [-0.3, -0.25) is 11.3 Å². The lowest BCUT2D eigenvalue weighted by molar-refractivity contribution is 0.373. The Hall–Kier alpha value is -1.12. The van der Waals surface area contributed by atoms with Crippen LogP contribution in [0.4, 0.5) is 0 Å². The highest BCUT2D eigenvalue weighted by molar-refractivity contribution is 14.1. The van der Waals surface area contributed by atoms with Gasteiger partial charge in [0, 0.05) is 16.7 Å². The molecule has 1 aromatic heterocycles. The van der Waals surface area contributed by atoms with E-state index in [1.807, 2.05) is 13.1 Å². The van der Waals surface area contributed by atoms with Crippen molar-refractivity contribution in [1.29, 1.82) is 0 Å². The molecule has 2 rings (SSSR count). The maximum Gasteiger partial charge on any atom is 0.211 e. The third-order valence-electron chi connectivity index (χ3n) is 2.98. The lowest BCUT2D eigenvalue weighted by Gasteiger charge is -2.13. The molecule has 0 amide bonds. The van der Waals surface area contributed by atoms with Gasteiger partial charge in [-0.25, -0.2) is 4.68 Å². The van der Waals surface area contributed by atoms with Crippen molar-refractivity contribution in [2.75, 3.05) is 7.11 Å². The zero-order chi connectivity index (χ0) is 13.8. The number of hydrogen-bond acceptors (Lipinski definition) is 4. The number of hydrazine groups is 1. The Morgan fingerprint density at radius 1 is 1.42 bits per heavy atom. The molecule has 3 N–H and O–H groups in total. The van der Waals surface area contributed by atoms with Crippen molar-refractivity contribution in [3.8, 4) is 5.88 Å². The Morgan fingerprint density at radius 3 is 2.63 bits per heavy atom. The predicted molar refractivity (Wildman–Crippen MR) is 82.7 cm³/mol. The SMILES string of the molecule is COc1cc(C(Cc2ccc(I)cc2)NN)nn1C. The van der Waals surface area contributed by atoms with Crippen molar-refractivity contribution in [3.05, 3.63) is 45.2 Å². The lowest BCUT2D eigenvalue weighted by atomic mass is 10.0. The first-order valence-electron chi connectivity index (χ1n) is 5.92. The standard InChI is InChI=1S/C13H17IN4O/c1-18-13(19-2)8-12(17-18)11(16-15)7-9-3-5-10(14)6-4-9/h3-6,8,11,16H,7,15H2,1-2H3. The summed E-state index contributed by atoms with van der Waals surface area (Å²) in [7, 11) is 3.48. The Kier molecular flexibility index (Phi) is 4.78. The molecule has 0 saturated carbocycles. The van der Waals surface area contributed by atoms with Crippen LogP contribution < -0.4 is 16.0 Å². The molecule has 0 spiro atoms. The van der Waals surface area contributed by atoms with E-state index in [1.54, 1.807) is 11.8 Å². The molecule has 1 atom stereocenters. The number of benzene rings is 1. The molecule has 5 nitrogen and oxygen atoms in total. The fourth-order valence-corrected chi connectivity index (χ4v) is 2.30. The molecule has 0 saturated heterocycles. The third-order valence-corrected chi connectivity index (χ3v) is 3.70. The van der Waals surface area contributed by atoms with Crippen LogP contribution in [0.1, 0.15) is 17.3 Å². The minimum absolute atomic E-state index is 0.0323. The van der Waals surface area contributed by atoms with Gasteiger partial charge in [0.15, 0.2) is 0 Å². The van der Waals surface area contributed by atoms with Gasteiger partial charge in [-0.05, 0) is 46.7 Å². The van der Waals surface area contributed by atoms with E-state index in [4.69, 9.17) is 10.6 Å². The van der Waals surface area contributed by atoms with Gasteiger partial charge in [0.1, 0.15) is 0 Å². The summed E-state index contributed by atoms with van der Waals surface area (Å²) in [5.74, 6) is 6.36. The molecule has 0 aliphatic carbocycles. The van der Waals surface area contributed by atoms with Gasteiger partial charge < -0.3 is 4.74 Å². The summed E-state index contributed by atoms with van der Waals surface area (Å²) in [6.45, 7) is 0. The van der Waals surface area contributed by atoms with Gasteiger partial charge in [0.2, 0.25) is 5.88 Å². The summed E-state index contributed by atoms with van der Waals surface area (Å²) in [6.07, 6.45) is 0.785. The molecule has 6 heteroatoms. The van der Waals surface area contributed by atoms with Crippen molar-refractivity contribution in [1.82, 2.24) is 15.2 Å². The number of aromatic nitrogens is 2. The summed E-state index contributed by atoms with van der Waals surface area (Å²) in [4.78, 5) is 0. The van der Waals surface area contributed by atoms with E-state index in [0.29, 0.717) is 0 Å². The van der Waals surface area contributed by atoms with E-state index in [1.165, 1.54) is 9.13 Å². The van der Waals surface area contributed by atoms with E-state index < -0.39 is 0 Å². The quantitative estimate of drug-likeness (QED) is 0.477. The van der Waals surface area contributed by atoms with E-state index >= 15 is 0 Å². The average molecular weight is 372 g/mol. The van der Waals surface area contributed by atoms with Crippen molar-refractivity contribution in [3.63, 3.8) is 0 Å². The van der Waals surface area contributed by atoms with Crippen LogP contribution in [0.5, 0.6) is 5.88 Å². The van der Waals surface area contributed by atoms with E-state index in [2.05, 4.69) is 57.4 Å². The van der Waals surface area contributed by atoms with Crippen molar-refractivity contribution >= 4 is 22.6 Å². The highest BCUT2D eigenvalue weighted by Crippen LogP contribution is 2.21. The first-order chi connectivity index (χ1) is 9.13. The number of nitrogens with one attached hydrogen (secondary N) is 1. The molecule has 0 aliphatic rings. The van der Waals surface area contributed by atoms with Crippen LogP contribution in [-0.2, 0) is 13.5 Å². The molecule has 1 heterocycles. The maximum absolute atomic E-state index is 5.64. The molecular formula is C13H17IN4O. The molecule has 0 bridgehead atoms. The van der Waals surface area contributed by atoms with Crippen LogP contribution in [0.3, 0.4) is 0 Å².